The van der Waals surface area contributed by atoms with Crippen molar-refractivity contribution in [1.82, 2.24) is 0 Å². The van der Waals surface area contributed by atoms with Gasteiger partial charge in [0.15, 0.2) is 0 Å². The highest BCUT2D eigenvalue weighted by Crippen LogP contribution is 2.27. The molecule has 0 radical (unpaired) electrons. The molecule has 1 aromatic rings. The third-order valence-electron chi connectivity index (χ3n) is 2.70. The molecule has 8 nitrogen and oxygen atoms in total. The molecule has 20 heavy (non-hydrogen) atoms. The van der Waals surface area contributed by atoms with Gasteiger partial charge in [-0.05, 0) is 6.07 Å². The van der Waals surface area contributed by atoms with E-state index in [-0.39, 0.29) is 24.5 Å². The molecule has 0 saturated heterocycles. The monoisotopic (exact) mass is 286 g/mol. The highest BCUT2D eigenvalue weighted by atomic mass is 16.6. The molecule has 0 bridgehead atoms. The molecule has 0 aliphatic rings. The van der Waals surface area contributed by atoms with Gasteiger partial charge in [-0.2, -0.15) is 0 Å². The van der Waals surface area contributed by atoms with Crippen LogP contribution in [0.3, 0.4) is 0 Å². The van der Waals surface area contributed by atoms with E-state index in [1.807, 2.05) is 0 Å². The summed E-state index contributed by atoms with van der Waals surface area (Å²) in [5.74, 6) is 0. The van der Waals surface area contributed by atoms with Crippen molar-refractivity contribution in [3.8, 4) is 0 Å². The summed E-state index contributed by atoms with van der Waals surface area (Å²) in [5, 5.41) is 47.7. The molecule has 1 rings (SSSR count). The maximum absolute atomic E-state index is 11.0. The Hall–Kier alpha value is -1.74. The number of nitro groups is 1. The molecule has 0 amide bonds. The highest BCUT2D eigenvalue weighted by Gasteiger charge is 2.22. The zero-order chi connectivity index (χ0) is 15.1. The molecule has 4 N–H and O–H groups in total. The number of nitrogens with zero attached hydrogens (tertiary/aromatic N) is 2. The number of benzene rings is 1. The summed E-state index contributed by atoms with van der Waals surface area (Å²) < 4.78 is 0. The largest absolute Gasteiger partial charge is 0.394 e. The molecular formula is C12H18N2O6. The number of aliphatic hydroxyl groups excluding tert-OH is 4. The van der Waals surface area contributed by atoms with Crippen LogP contribution in [0.25, 0.3) is 0 Å². The summed E-state index contributed by atoms with van der Waals surface area (Å²) in [5.41, 5.74) is 0.0280. The Bertz CT molecular complexity index is 430. The van der Waals surface area contributed by atoms with Gasteiger partial charge in [-0.15, -0.1) is 0 Å². The summed E-state index contributed by atoms with van der Waals surface area (Å²) >= 11 is 0. The minimum Gasteiger partial charge on any atom is -0.394 e. The van der Waals surface area contributed by atoms with Gasteiger partial charge in [-0.3, -0.25) is 10.1 Å². The van der Waals surface area contributed by atoms with Crippen molar-refractivity contribution in [2.24, 2.45) is 0 Å². The Morgan fingerprint density at radius 2 is 1.60 bits per heavy atom. The summed E-state index contributed by atoms with van der Waals surface area (Å²) in [6.07, 6.45) is -2.22. The summed E-state index contributed by atoms with van der Waals surface area (Å²) in [6.45, 7) is -1.21. The molecule has 0 fully saturated rings. The molecule has 0 aliphatic heterocycles. The first kappa shape index (κ1) is 16.3. The van der Waals surface area contributed by atoms with Crippen molar-refractivity contribution in [2.75, 3.05) is 31.2 Å². The van der Waals surface area contributed by atoms with E-state index in [1.54, 1.807) is 6.07 Å². The van der Waals surface area contributed by atoms with Gasteiger partial charge in [-0.1, -0.05) is 12.1 Å². The highest BCUT2D eigenvalue weighted by molar-refractivity contribution is 5.63. The number of rotatable bonds is 8. The van der Waals surface area contributed by atoms with Gasteiger partial charge < -0.3 is 25.3 Å². The topological polar surface area (TPSA) is 127 Å². The summed E-state index contributed by atoms with van der Waals surface area (Å²) in [6, 6.07) is 5.88. The molecule has 0 saturated carbocycles. The number of nitro benzene ring substituents is 1. The molecular weight excluding hydrogens is 268 g/mol. The van der Waals surface area contributed by atoms with E-state index in [2.05, 4.69) is 0 Å². The lowest BCUT2D eigenvalue weighted by Gasteiger charge is -2.28. The fourth-order valence-corrected chi connectivity index (χ4v) is 1.78. The van der Waals surface area contributed by atoms with Gasteiger partial charge in [0.25, 0.3) is 5.69 Å². The van der Waals surface area contributed by atoms with Crippen molar-refractivity contribution in [2.45, 2.75) is 12.2 Å². The lowest BCUT2D eigenvalue weighted by Crippen LogP contribution is -2.40. The van der Waals surface area contributed by atoms with E-state index in [1.165, 1.54) is 23.1 Å². The minimum atomic E-state index is -1.11. The number of para-hydroxylation sites is 2. The van der Waals surface area contributed by atoms with Crippen molar-refractivity contribution in [3.63, 3.8) is 0 Å². The molecule has 0 spiro atoms. The normalized spacial score (nSPS) is 13.8. The quantitative estimate of drug-likeness (QED) is 0.360. The van der Waals surface area contributed by atoms with Gasteiger partial charge in [0.1, 0.15) is 5.69 Å². The first-order chi connectivity index (χ1) is 9.49. The summed E-state index contributed by atoms with van der Waals surface area (Å²) in [7, 11) is 0. The first-order valence-electron chi connectivity index (χ1n) is 6.05. The molecule has 8 heteroatoms. The second kappa shape index (κ2) is 7.75. The van der Waals surface area contributed by atoms with Crippen LogP contribution >= 0.6 is 0 Å². The Kier molecular flexibility index (Phi) is 6.32. The molecule has 0 heterocycles. The van der Waals surface area contributed by atoms with Gasteiger partial charge >= 0.3 is 0 Å². The maximum Gasteiger partial charge on any atom is 0.292 e. The molecule has 112 valence electrons. The third kappa shape index (κ3) is 4.42. The lowest BCUT2D eigenvalue weighted by molar-refractivity contribution is -0.384. The number of aliphatic hydroxyl groups is 4. The van der Waals surface area contributed by atoms with Crippen LogP contribution in [0, 0.1) is 10.1 Å². The van der Waals surface area contributed by atoms with E-state index < -0.39 is 30.3 Å². The van der Waals surface area contributed by atoms with E-state index in [9.17, 15) is 20.3 Å². The van der Waals surface area contributed by atoms with Gasteiger partial charge in [0.2, 0.25) is 0 Å². The molecule has 0 aliphatic carbocycles. The number of anilines is 1. The van der Waals surface area contributed by atoms with Crippen LogP contribution in [0.1, 0.15) is 0 Å². The number of hydrogen-bond donors (Lipinski definition) is 4. The first-order valence-corrected chi connectivity index (χ1v) is 6.05. The Balaban J connectivity index is 3.05. The van der Waals surface area contributed by atoms with E-state index in [0.717, 1.165) is 0 Å². The molecule has 0 aromatic heterocycles. The van der Waals surface area contributed by atoms with Crippen LogP contribution in [0.2, 0.25) is 0 Å². The smallest absolute Gasteiger partial charge is 0.292 e. The van der Waals surface area contributed by atoms with Gasteiger partial charge in [0, 0.05) is 19.2 Å². The van der Waals surface area contributed by atoms with Crippen molar-refractivity contribution < 1.29 is 25.3 Å². The van der Waals surface area contributed by atoms with Crippen LogP contribution in [0.4, 0.5) is 11.4 Å². The van der Waals surface area contributed by atoms with E-state index >= 15 is 0 Å². The SMILES string of the molecule is O=[N+]([O-])c1ccccc1N(CC(O)CO)CC(O)CO. The van der Waals surface area contributed by atoms with Crippen LogP contribution in [-0.2, 0) is 0 Å². The van der Waals surface area contributed by atoms with Crippen molar-refractivity contribution in [1.29, 1.82) is 0 Å². The standard InChI is InChI=1S/C12H18N2O6/c15-7-9(17)5-13(6-10(18)8-16)11-3-1-2-4-12(11)14(19)20/h1-4,9-10,15-18H,5-8H2. The number of hydrogen-bond acceptors (Lipinski definition) is 7. The van der Waals surface area contributed by atoms with Gasteiger partial charge in [0.05, 0.1) is 30.3 Å². The van der Waals surface area contributed by atoms with Gasteiger partial charge in [-0.25, -0.2) is 0 Å². The van der Waals surface area contributed by atoms with Crippen molar-refractivity contribution in [3.05, 3.63) is 34.4 Å². The summed E-state index contributed by atoms with van der Waals surface area (Å²) in [4.78, 5) is 11.8. The lowest BCUT2D eigenvalue weighted by atomic mass is 10.2. The van der Waals surface area contributed by atoms with Crippen molar-refractivity contribution >= 4 is 11.4 Å². The molecule has 2 unspecified atom stereocenters. The maximum atomic E-state index is 11.0. The minimum absolute atomic E-state index is 0.0988. The fourth-order valence-electron chi connectivity index (χ4n) is 1.78. The second-order valence-corrected chi connectivity index (χ2v) is 4.32. The second-order valence-electron chi connectivity index (χ2n) is 4.32. The van der Waals surface area contributed by atoms with Crippen LogP contribution in [0.15, 0.2) is 24.3 Å². The zero-order valence-electron chi connectivity index (χ0n) is 10.8. The third-order valence-corrected chi connectivity index (χ3v) is 2.70. The van der Waals surface area contributed by atoms with Crippen LogP contribution in [-0.4, -0.2) is 63.9 Å². The molecule has 2 atom stereocenters. The van der Waals surface area contributed by atoms with E-state index in [0.29, 0.717) is 0 Å². The Morgan fingerprint density at radius 1 is 1.10 bits per heavy atom. The molecule has 1 aromatic carbocycles. The Labute approximate surface area is 115 Å². The predicted molar refractivity (Wildman–Crippen MR) is 71.5 cm³/mol. The average molecular weight is 286 g/mol. The van der Waals surface area contributed by atoms with Crippen LogP contribution < -0.4 is 4.90 Å². The predicted octanol–water partition coefficient (Wildman–Crippen LogP) is -0.892. The fraction of sp³-hybridized carbons (Fsp3) is 0.500. The van der Waals surface area contributed by atoms with E-state index in [4.69, 9.17) is 10.2 Å². The zero-order valence-corrected chi connectivity index (χ0v) is 10.8. The Morgan fingerprint density at radius 3 is 2.05 bits per heavy atom. The van der Waals surface area contributed by atoms with Crippen LogP contribution in [0.5, 0.6) is 0 Å². The average Bonchev–Trinajstić information content (AvgIpc) is 2.46.